The minimum Gasteiger partial charge on any atom is -0.386 e. The number of pyridine rings is 1. The molecule has 0 radical (unpaired) electrons. The number of nitriles is 1. The molecule has 1 aromatic carbocycles. The second-order valence-electron chi connectivity index (χ2n) is 7.58. The van der Waals surface area contributed by atoms with Crippen LogP contribution in [0.25, 0.3) is 0 Å². The molecule has 4 rings (SSSR count). The van der Waals surface area contributed by atoms with Crippen LogP contribution in [0.2, 0.25) is 0 Å². The summed E-state index contributed by atoms with van der Waals surface area (Å²) in [5.41, 5.74) is 6.97. The predicted octanol–water partition coefficient (Wildman–Crippen LogP) is 3.15. The molecule has 3 N–H and O–H groups in total. The van der Waals surface area contributed by atoms with Gasteiger partial charge in [0.2, 0.25) is 0 Å². The number of aliphatic imine (C=N–C) groups is 1. The summed E-state index contributed by atoms with van der Waals surface area (Å²) < 4.78 is 24.4. The van der Waals surface area contributed by atoms with Gasteiger partial charge in [0.05, 0.1) is 11.6 Å². The van der Waals surface area contributed by atoms with Crippen molar-refractivity contribution in [3.05, 3.63) is 59.7 Å². The molecule has 2 aliphatic rings. The Morgan fingerprint density at radius 1 is 1.26 bits per heavy atom. The summed E-state index contributed by atoms with van der Waals surface area (Å²) in [6.07, 6.45) is 5.57. The molecule has 9 heteroatoms. The molecule has 2 heterocycles. The number of nitrogens with one attached hydrogen (secondary N) is 1. The molecule has 0 bridgehead atoms. The fourth-order valence-electron chi connectivity index (χ4n) is 3.64. The Kier molecular flexibility index (Phi) is 7.13. The summed E-state index contributed by atoms with van der Waals surface area (Å²) in [5.74, 6) is 0.568. The zero-order chi connectivity index (χ0) is 22.4. The lowest BCUT2D eigenvalue weighted by atomic mass is 10.1. The number of nitrogens with zero attached hydrogens (tertiary/aromatic N) is 3. The standard InChI is InChI=1S/C13H8FN3O.C9H16N2OS/c14-10-2-4-11(5-3-10)17-13(18)12-6-1-9(7-15)8-16-12;1-7-6-13(12)9(8(10)11-7)4-2-3-5-9/h1-6,8H,(H,17,18);7H,2-6H2,1H3,(H2,10,11). The lowest BCUT2D eigenvalue weighted by Gasteiger charge is -2.32. The maximum Gasteiger partial charge on any atom is 0.274 e. The van der Waals surface area contributed by atoms with Crippen molar-refractivity contribution in [2.75, 3.05) is 11.1 Å². The summed E-state index contributed by atoms with van der Waals surface area (Å²) >= 11 is 0. The van der Waals surface area contributed by atoms with Crippen LogP contribution in [0.1, 0.15) is 48.7 Å². The number of amides is 1. The molecular formula is C22H24FN5O2S. The minimum absolute atomic E-state index is 0.145. The van der Waals surface area contributed by atoms with Gasteiger partial charge >= 0.3 is 0 Å². The van der Waals surface area contributed by atoms with Gasteiger partial charge in [-0.2, -0.15) is 5.26 Å². The number of hydrogen-bond acceptors (Lipinski definition) is 6. The first-order valence-corrected chi connectivity index (χ1v) is 11.3. The van der Waals surface area contributed by atoms with E-state index in [1.165, 1.54) is 42.6 Å². The van der Waals surface area contributed by atoms with Gasteiger partial charge in [0, 0.05) is 28.4 Å². The maximum absolute atomic E-state index is 12.7. The Balaban J connectivity index is 0.000000185. The van der Waals surface area contributed by atoms with Gasteiger partial charge in [-0.1, -0.05) is 12.8 Å². The summed E-state index contributed by atoms with van der Waals surface area (Å²) in [4.78, 5) is 20.0. The van der Waals surface area contributed by atoms with Gasteiger partial charge in [-0.15, -0.1) is 0 Å². The van der Waals surface area contributed by atoms with Gasteiger partial charge in [0.25, 0.3) is 5.91 Å². The van der Waals surface area contributed by atoms with Crippen LogP contribution in [-0.2, 0) is 10.8 Å². The zero-order valence-electron chi connectivity index (χ0n) is 17.2. The third kappa shape index (κ3) is 5.33. The van der Waals surface area contributed by atoms with Gasteiger partial charge in [0.1, 0.15) is 28.2 Å². The van der Waals surface area contributed by atoms with E-state index in [1.807, 2.05) is 13.0 Å². The summed E-state index contributed by atoms with van der Waals surface area (Å²) in [5, 5.41) is 11.2. The molecule has 162 valence electrons. The van der Waals surface area contributed by atoms with Crippen molar-refractivity contribution in [3.8, 4) is 6.07 Å². The first-order valence-electron chi connectivity index (χ1n) is 9.99. The number of rotatable bonds is 2. The predicted molar refractivity (Wildman–Crippen MR) is 119 cm³/mol. The van der Waals surface area contributed by atoms with E-state index in [4.69, 9.17) is 11.0 Å². The average Bonchev–Trinajstić information content (AvgIpc) is 3.26. The van der Waals surface area contributed by atoms with Crippen molar-refractivity contribution in [1.82, 2.24) is 4.98 Å². The highest BCUT2D eigenvalue weighted by Gasteiger charge is 2.46. The molecule has 1 aromatic heterocycles. The Labute approximate surface area is 183 Å². The number of aromatic nitrogens is 1. The van der Waals surface area contributed by atoms with E-state index < -0.39 is 16.7 Å². The van der Waals surface area contributed by atoms with E-state index >= 15 is 0 Å². The number of hydrogen-bond donors (Lipinski definition) is 2. The highest BCUT2D eigenvalue weighted by atomic mass is 32.2. The first-order chi connectivity index (χ1) is 14.8. The Morgan fingerprint density at radius 2 is 1.94 bits per heavy atom. The molecule has 31 heavy (non-hydrogen) atoms. The Hall–Kier alpha value is -3.12. The molecule has 1 aliphatic heterocycles. The molecular weight excluding hydrogens is 417 g/mol. The highest BCUT2D eigenvalue weighted by molar-refractivity contribution is 7.87. The number of carbonyl (C=O) groups excluding carboxylic acids is 1. The van der Waals surface area contributed by atoms with Crippen LogP contribution in [0.15, 0.2) is 47.6 Å². The van der Waals surface area contributed by atoms with Crippen LogP contribution in [0.4, 0.5) is 10.1 Å². The van der Waals surface area contributed by atoms with E-state index in [-0.39, 0.29) is 22.3 Å². The molecule has 7 nitrogen and oxygen atoms in total. The Morgan fingerprint density at radius 3 is 2.48 bits per heavy atom. The van der Waals surface area contributed by atoms with E-state index in [1.54, 1.807) is 0 Å². The van der Waals surface area contributed by atoms with Gasteiger partial charge in [-0.25, -0.2) is 9.37 Å². The number of halogens is 1. The summed E-state index contributed by atoms with van der Waals surface area (Å²) in [6, 6.07) is 10.4. The Bertz CT molecular complexity index is 1030. The van der Waals surface area contributed by atoms with Crippen molar-refractivity contribution < 1.29 is 13.4 Å². The third-order valence-corrected chi connectivity index (χ3v) is 7.57. The number of amidine groups is 1. The molecule has 0 saturated heterocycles. The van der Waals surface area contributed by atoms with Gasteiger partial charge < -0.3 is 11.1 Å². The lowest BCUT2D eigenvalue weighted by Crippen LogP contribution is -2.51. The lowest BCUT2D eigenvalue weighted by molar-refractivity contribution is 0.102. The molecule has 2 atom stereocenters. The highest BCUT2D eigenvalue weighted by Crippen LogP contribution is 2.37. The molecule has 1 fully saturated rings. The monoisotopic (exact) mass is 441 g/mol. The number of benzene rings is 1. The molecule has 1 spiro atoms. The average molecular weight is 442 g/mol. The van der Waals surface area contributed by atoms with Gasteiger partial charge in [-0.05, 0) is 56.2 Å². The first kappa shape index (κ1) is 22.6. The van der Waals surface area contributed by atoms with Crippen LogP contribution in [0.3, 0.4) is 0 Å². The molecule has 1 amide bonds. The topological polar surface area (TPSA) is 121 Å². The minimum atomic E-state index is -0.790. The van der Waals surface area contributed by atoms with Gasteiger partial charge in [0.15, 0.2) is 0 Å². The molecule has 2 aromatic rings. The van der Waals surface area contributed by atoms with Crippen LogP contribution < -0.4 is 11.1 Å². The zero-order valence-corrected chi connectivity index (χ0v) is 18.0. The van der Waals surface area contributed by atoms with Crippen LogP contribution in [0.5, 0.6) is 0 Å². The third-order valence-electron chi connectivity index (χ3n) is 5.29. The number of anilines is 1. The van der Waals surface area contributed by atoms with Crippen molar-refractivity contribution in [2.24, 2.45) is 10.7 Å². The van der Waals surface area contributed by atoms with E-state index in [0.717, 1.165) is 25.7 Å². The SMILES string of the molecule is CC1CS(=O)C2(CCCC2)C(N)=N1.N#Cc1ccc(C(=O)Nc2ccc(F)cc2)nc1. The van der Waals surface area contributed by atoms with Crippen molar-refractivity contribution in [2.45, 2.75) is 43.4 Å². The van der Waals surface area contributed by atoms with Crippen LogP contribution in [-0.4, -0.2) is 37.5 Å². The smallest absolute Gasteiger partial charge is 0.274 e. The van der Waals surface area contributed by atoms with E-state index in [9.17, 15) is 13.4 Å². The second-order valence-corrected chi connectivity index (χ2v) is 9.39. The van der Waals surface area contributed by atoms with E-state index in [2.05, 4.69) is 15.3 Å². The maximum atomic E-state index is 12.7. The quantitative estimate of drug-likeness (QED) is 0.741. The number of carbonyl (C=O) groups is 1. The second kappa shape index (κ2) is 9.79. The van der Waals surface area contributed by atoms with Crippen LogP contribution in [0, 0.1) is 17.1 Å². The van der Waals surface area contributed by atoms with Crippen molar-refractivity contribution >= 4 is 28.2 Å². The molecule has 2 unspecified atom stereocenters. The summed E-state index contributed by atoms with van der Waals surface area (Å²) in [7, 11) is -0.790. The normalized spacial score (nSPS) is 21.4. The largest absolute Gasteiger partial charge is 0.386 e. The van der Waals surface area contributed by atoms with Crippen molar-refractivity contribution in [1.29, 1.82) is 5.26 Å². The molecule has 1 aliphatic carbocycles. The fraction of sp³-hybridized carbons (Fsp3) is 0.364. The number of nitrogens with two attached hydrogens (primary N) is 1. The summed E-state index contributed by atoms with van der Waals surface area (Å²) in [6.45, 7) is 1.98. The van der Waals surface area contributed by atoms with Crippen LogP contribution >= 0.6 is 0 Å². The van der Waals surface area contributed by atoms with E-state index in [0.29, 0.717) is 22.8 Å². The molecule has 1 saturated carbocycles. The van der Waals surface area contributed by atoms with Gasteiger partial charge in [-0.3, -0.25) is 14.0 Å². The van der Waals surface area contributed by atoms with Crippen molar-refractivity contribution in [3.63, 3.8) is 0 Å². The fourth-order valence-corrected chi connectivity index (χ4v) is 5.50.